The first-order valence-corrected chi connectivity index (χ1v) is 14.3. The van der Waals surface area contributed by atoms with Crippen molar-refractivity contribution in [1.82, 2.24) is 9.97 Å². The Hall–Kier alpha value is -2.43. The summed E-state index contributed by atoms with van der Waals surface area (Å²) in [4.78, 5) is 43.8. The van der Waals surface area contributed by atoms with Crippen molar-refractivity contribution in [3.8, 4) is 5.75 Å². The Morgan fingerprint density at radius 3 is 2.59 bits per heavy atom. The van der Waals surface area contributed by atoms with Crippen LogP contribution in [0.5, 0.6) is 5.75 Å². The quantitative estimate of drug-likeness (QED) is 0.297. The molecular weight excluding hydrogens is 521 g/mol. The number of amides is 1. The van der Waals surface area contributed by atoms with Gasteiger partial charge < -0.3 is 29.6 Å². The number of methoxy groups -OCH3 is 1. The molecule has 1 aromatic carbocycles. The van der Waals surface area contributed by atoms with Gasteiger partial charge in [-0.15, -0.1) is 0 Å². The largest absolute Gasteiger partial charge is 0.495 e. The minimum absolute atomic E-state index is 0.168. The monoisotopic (exact) mass is 551 g/mol. The minimum Gasteiger partial charge on any atom is -0.495 e. The number of anilines is 3. The van der Waals surface area contributed by atoms with Gasteiger partial charge in [0.1, 0.15) is 11.4 Å². The second-order valence-corrected chi connectivity index (χ2v) is 11.5. The number of aromatic nitrogens is 2. The van der Waals surface area contributed by atoms with Crippen LogP contribution in [0.2, 0.25) is 5.02 Å². The van der Waals surface area contributed by atoms with Crippen molar-refractivity contribution in [1.29, 1.82) is 0 Å². The number of phosphoric ester groups is 1. The lowest BCUT2D eigenvalue weighted by atomic mass is 9.92. The van der Waals surface area contributed by atoms with Gasteiger partial charge in [-0.2, -0.15) is 4.98 Å². The van der Waals surface area contributed by atoms with Gasteiger partial charge in [0.05, 0.1) is 24.4 Å². The predicted molar refractivity (Wildman–Crippen MR) is 139 cm³/mol. The highest BCUT2D eigenvalue weighted by atomic mass is 35.5. The summed E-state index contributed by atoms with van der Waals surface area (Å²) in [7, 11) is -2.98. The zero-order valence-electron chi connectivity index (χ0n) is 20.5. The van der Waals surface area contributed by atoms with Crippen LogP contribution < -0.4 is 19.9 Å². The average molecular weight is 552 g/mol. The Morgan fingerprint density at radius 2 is 1.97 bits per heavy atom. The Balaban J connectivity index is 1.35. The van der Waals surface area contributed by atoms with Crippen LogP contribution in [-0.2, 0) is 20.4 Å². The first kappa shape index (κ1) is 26.2. The maximum absolute atomic E-state index is 12.3. The van der Waals surface area contributed by atoms with Gasteiger partial charge in [-0.05, 0) is 61.6 Å². The first-order chi connectivity index (χ1) is 17.7. The lowest BCUT2D eigenvalue weighted by Gasteiger charge is -2.35. The number of hydrogen-bond donors (Lipinski definition) is 3. The Morgan fingerprint density at radius 1 is 1.24 bits per heavy atom. The number of carbonyl (C=O) groups is 1. The number of piperidine rings is 1. The summed E-state index contributed by atoms with van der Waals surface area (Å²) in [5.74, 6) is 3.21. The molecule has 3 fully saturated rings. The van der Waals surface area contributed by atoms with Crippen molar-refractivity contribution >= 4 is 43.3 Å². The molecule has 200 valence electrons. The highest BCUT2D eigenvalue weighted by molar-refractivity contribution is 7.46. The van der Waals surface area contributed by atoms with Gasteiger partial charge in [-0.1, -0.05) is 17.7 Å². The molecule has 0 bridgehead atoms. The van der Waals surface area contributed by atoms with E-state index in [9.17, 15) is 9.36 Å². The fourth-order valence-electron chi connectivity index (χ4n) is 5.37. The van der Waals surface area contributed by atoms with E-state index in [0.29, 0.717) is 60.5 Å². The topological polar surface area (TPSA) is 137 Å². The lowest BCUT2D eigenvalue weighted by molar-refractivity contribution is -0.108. The van der Waals surface area contributed by atoms with E-state index < -0.39 is 13.9 Å². The third kappa shape index (κ3) is 6.18. The number of rotatable bonds is 10. The van der Waals surface area contributed by atoms with Crippen molar-refractivity contribution in [2.45, 2.75) is 50.8 Å². The number of nitrogens with zero attached hydrogens (tertiary/aromatic N) is 4. The molecule has 5 rings (SSSR count). The van der Waals surface area contributed by atoms with Crippen LogP contribution in [0.3, 0.4) is 0 Å². The van der Waals surface area contributed by atoms with Gasteiger partial charge >= 0.3 is 7.82 Å². The third-order valence-electron chi connectivity index (χ3n) is 7.41. The van der Waals surface area contributed by atoms with Crippen LogP contribution in [0.4, 0.5) is 17.5 Å². The molecule has 1 amide bonds. The minimum atomic E-state index is -4.55. The number of ether oxygens (including phenoxy) is 1. The van der Waals surface area contributed by atoms with E-state index in [2.05, 4.69) is 15.2 Å². The van der Waals surface area contributed by atoms with Crippen molar-refractivity contribution in [3.63, 3.8) is 0 Å². The van der Waals surface area contributed by atoms with Crippen molar-refractivity contribution < 1.29 is 28.4 Å². The molecule has 13 heteroatoms. The second kappa shape index (κ2) is 10.7. The molecule has 0 spiro atoms. The van der Waals surface area contributed by atoms with E-state index in [1.165, 1.54) is 6.42 Å². The first-order valence-electron chi connectivity index (χ1n) is 12.4. The molecule has 1 aromatic heterocycles. The van der Waals surface area contributed by atoms with E-state index in [1.807, 2.05) is 12.1 Å². The Bertz CT molecular complexity index is 1180. The molecule has 3 N–H and O–H groups in total. The molecule has 11 nitrogen and oxygen atoms in total. The van der Waals surface area contributed by atoms with Crippen LogP contribution in [-0.4, -0.2) is 58.5 Å². The van der Waals surface area contributed by atoms with E-state index >= 15 is 0 Å². The van der Waals surface area contributed by atoms with Crippen LogP contribution in [0.1, 0.15) is 37.7 Å². The molecule has 1 aliphatic heterocycles. The molecule has 1 saturated heterocycles. The van der Waals surface area contributed by atoms with Gasteiger partial charge in [0, 0.05) is 25.7 Å². The number of benzene rings is 1. The Labute approximate surface area is 220 Å². The number of fused-ring (bicyclic) bond motifs is 1. The lowest BCUT2D eigenvalue weighted by Crippen LogP contribution is -2.39. The molecular formula is C24H31ClN5O6P. The van der Waals surface area contributed by atoms with Crippen LogP contribution in [0, 0.1) is 11.8 Å². The fourth-order valence-corrected chi connectivity index (χ4v) is 6.25. The number of hydrogen-bond acceptors (Lipinski definition) is 8. The van der Waals surface area contributed by atoms with Crippen LogP contribution in [0.15, 0.2) is 24.4 Å². The van der Waals surface area contributed by atoms with Gasteiger partial charge in [-0.25, -0.2) is 9.55 Å². The molecule has 0 radical (unpaired) electrons. The summed E-state index contributed by atoms with van der Waals surface area (Å²) < 4.78 is 21.3. The number of halogens is 1. The summed E-state index contributed by atoms with van der Waals surface area (Å²) in [5.41, 5.74) is 1.48. The van der Waals surface area contributed by atoms with Gasteiger partial charge in [0.25, 0.3) is 0 Å². The zero-order valence-corrected chi connectivity index (χ0v) is 22.1. The highest BCUT2D eigenvalue weighted by Gasteiger charge is 2.46. The van der Waals surface area contributed by atoms with Gasteiger partial charge in [0.15, 0.2) is 5.82 Å². The molecule has 2 aromatic rings. The normalized spacial score (nSPS) is 24.9. The molecule has 2 unspecified atom stereocenters. The van der Waals surface area contributed by atoms with Gasteiger partial charge in [0.2, 0.25) is 12.4 Å². The zero-order chi connectivity index (χ0) is 26.2. The Kier molecular flexibility index (Phi) is 7.60. The summed E-state index contributed by atoms with van der Waals surface area (Å²) in [6.45, 7) is 2.31. The summed E-state index contributed by atoms with van der Waals surface area (Å²) in [6.07, 6.45) is 5.12. The fraction of sp³-hybridized carbons (Fsp3) is 0.542. The molecule has 2 atom stereocenters. The van der Waals surface area contributed by atoms with E-state index in [-0.39, 0.29) is 6.04 Å². The van der Waals surface area contributed by atoms with E-state index in [1.54, 1.807) is 24.3 Å². The standard InChI is InChI=1S/C24H31ClN5O6P/c1-35-22-7-2-15(8-20(22)25)10-26-23-21(11-27-24(28-23)29-12-16-9-17(16)13-29)30(14-31)18-3-5-19(6-4-18)36-37(32,33)34/h2,7-8,11,14,16-19H,3-6,9-10,12-13H2,1H3,(H,26,27,28)(H2,32,33,34). The predicted octanol–water partition coefficient (Wildman–Crippen LogP) is 3.59. The van der Waals surface area contributed by atoms with E-state index in [4.69, 9.17) is 35.6 Å². The number of phosphoric acid groups is 1. The van der Waals surface area contributed by atoms with Gasteiger partial charge in [-0.3, -0.25) is 9.32 Å². The van der Waals surface area contributed by atoms with Crippen molar-refractivity contribution in [2.75, 3.05) is 35.3 Å². The summed E-state index contributed by atoms with van der Waals surface area (Å²) in [5, 5.41) is 3.87. The molecule has 2 saturated carbocycles. The highest BCUT2D eigenvalue weighted by Crippen LogP contribution is 2.46. The SMILES string of the molecule is COc1ccc(CNc2nc(N3CC4CC4C3)ncc2N(C=O)C2CCC(OP(=O)(O)O)CC2)cc1Cl. The molecule has 37 heavy (non-hydrogen) atoms. The number of carbonyl (C=O) groups excluding carboxylic acids is 1. The summed E-state index contributed by atoms with van der Waals surface area (Å²) in [6, 6.07) is 5.37. The average Bonchev–Trinajstić information content (AvgIpc) is 3.48. The van der Waals surface area contributed by atoms with Crippen LogP contribution >= 0.6 is 19.4 Å². The summed E-state index contributed by atoms with van der Waals surface area (Å²) >= 11 is 6.30. The molecule has 2 heterocycles. The smallest absolute Gasteiger partial charge is 0.469 e. The number of nitrogens with one attached hydrogen (secondary N) is 1. The van der Waals surface area contributed by atoms with Crippen LogP contribution in [0.25, 0.3) is 0 Å². The third-order valence-corrected chi connectivity index (χ3v) is 8.28. The molecule has 2 aliphatic carbocycles. The second-order valence-electron chi connectivity index (χ2n) is 9.93. The maximum Gasteiger partial charge on any atom is 0.469 e. The molecule has 3 aliphatic rings. The maximum atomic E-state index is 12.3. The van der Waals surface area contributed by atoms with E-state index in [0.717, 1.165) is 36.9 Å². The van der Waals surface area contributed by atoms with Crippen molar-refractivity contribution in [3.05, 3.63) is 35.0 Å². The van der Waals surface area contributed by atoms with Crippen molar-refractivity contribution in [2.24, 2.45) is 11.8 Å².